The van der Waals surface area contributed by atoms with E-state index >= 15 is 0 Å². The lowest BCUT2D eigenvalue weighted by Crippen LogP contribution is -2.17. The third kappa shape index (κ3) is 5.10. The fourth-order valence-electron chi connectivity index (χ4n) is 2.47. The van der Waals surface area contributed by atoms with E-state index < -0.39 is 6.36 Å². The van der Waals surface area contributed by atoms with Gasteiger partial charge in [-0.2, -0.15) is 0 Å². The summed E-state index contributed by atoms with van der Waals surface area (Å²) in [5.41, 5.74) is 2.41. The van der Waals surface area contributed by atoms with Crippen LogP contribution < -0.4 is 9.47 Å². The lowest BCUT2D eigenvalue weighted by molar-refractivity contribution is -0.274. The number of halogens is 3. The van der Waals surface area contributed by atoms with Gasteiger partial charge in [0.2, 0.25) is 5.88 Å². The molecule has 0 bridgehead atoms. The zero-order valence-corrected chi connectivity index (χ0v) is 14.2. The number of nitrogens with zero attached hydrogens (tertiary/aromatic N) is 1. The van der Waals surface area contributed by atoms with Crippen molar-refractivity contribution in [1.82, 2.24) is 4.98 Å². The van der Waals surface area contributed by atoms with E-state index in [1.54, 1.807) is 24.3 Å². The van der Waals surface area contributed by atoms with Crippen molar-refractivity contribution in [3.63, 3.8) is 0 Å². The van der Waals surface area contributed by atoms with Crippen LogP contribution in [0.4, 0.5) is 13.2 Å². The second kappa shape index (κ2) is 7.95. The quantitative estimate of drug-likeness (QED) is 0.543. The van der Waals surface area contributed by atoms with E-state index in [1.807, 2.05) is 30.3 Å². The van der Waals surface area contributed by atoms with Crippen molar-refractivity contribution >= 4 is 6.08 Å². The molecule has 138 valence electrons. The van der Waals surface area contributed by atoms with Crippen molar-refractivity contribution in [2.24, 2.45) is 0 Å². The first-order valence-corrected chi connectivity index (χ1v) is 8.10. The van der Waals surface area contributed by atoms with Gasteiger partial charge in [0.15, 0.2) is 0 Å². The second-order valence-electron chi connectivity index (χ2n) is 5.67. The Hall–Kier alpha value is -3.28. The van der Waals surface area contributed by atoms with E-state index in [1.165, 1.54) is 18.3 Å². The van der Waals surface area contributed by atoms with Crippen LogP contribution in [0.5, 0.6) is 11.6 Å². The fraction of sp³-hybridized carbons (Fsp3) is 0.0952. The van der Waals surface area contributed by atoms with E-state index in [2.05, 4.69) is 16.3 Å². The molecule has 0 spiro atoms. The maximum Gasteiger partial charge on any atom is 0.573 e. The van der Waals surface area contributed by atoms with Gasteiger partial charge < -0.3 is 9.47 Å². The highest BCUT2D eigenvalue weighted by Crippen LogP contribution is 2.35. The molecule has 0 unspecified atom stereocenters. The molecule has 0 N–H and O–H groups in total. The summed E-state index contributed by atoms with van der Waals surface area (Å²) in [6.07, 6.45) is -1.78. The number of ether oxygens (including phenoxy) is 2. The summed E-state index contributed by atoms with van der Waals surface area (Å²) in [5.74, 6) is 0.0774. The van der Waals surface area contributed by atoms with Gasteiger partial charge in [0.1, 0.15) is 12.4 Å². The number of pyridine rings is 1. The highest BCUT2D eigenvalue weighted by Gasteiger charge is 2.32. The summed E-state index contributed by atoms with van der Waals surface area (Å²) in [6, 6.07) is 17.2. The monoisotopic (exact) mass is 371 g/mol. The molecule has 0 amide bonds. The summed E-state index contributed by atoms with van der Waals surface area (Å²) in [5, 5.41) is 0. The fourth-order valence-corrected chi connectivity index (χ4v) is 2.47. The molecule has 0 radical (unpaired) electrons. The Labute approximate surface area is 154 Å². The number of alkyl halides is 3. The van der Waals surface area contributed by atoms with Crippen LogP contribution in [0.2, 0.25) is 0 Å². The Morgan fingerprint density at radius 2 is 1.78 bits per heavy atom. The molecular weight excluding hydrogens is 355 g/mol. The molecule has 3 aromatic rings. The molecule has 0 aliphatic carbocycles. The molecule has 3 rings (SSSR count). The molecule has 2 aromatic carbocycles. The van der Waals surface area contributed by atoms with Gasteiger partial charge in [0.25, 0.3) is 0 Å². The lowest BCUT2D eigenvalue weighted by Gasteiger charge is -2.14. The second-order valence-corrected chi connectivity index (χ2v) is 5.67. The molecule has 1 aromatic heterocycles. The Morgan fingerprint density at radius 1 is 1.00 bits per heavy atom. The van der Waals surface area contributed by atoms with Crippen molar-refractivity contribution in [2.45, 2.75) is 13.0 Å². The molecule has 0 fully saturated rings. The standard InChI is InChI=1S/C21H16F3NO2/c1-2-15-8-10-19(27-21(22,23)24)18(12-15)17-9-11-20(25-13-17)26-14-16-6-4-3-5-7-16/h2-13H,1,14H2. The predicted molar refractivity (Wildman–Crippen MR) is 97.2 cm³/mol. The van der Waals surface area contributed by atoms with Crippen LogP contribution >= 0.6 is 0 Å². The molecule has 3 nitrogen and oxygen atoms in total. The Balaban J connectivity index is 1.82. The lowest BCUT2D eigenvalue weighted by atomic mass is 10.0. The number of aromatic nitrogens is 1. The van der Waals surface area contributed by atoms with E-state index in [0.717, 1.165) is 5.56 Å². The van der Waals surface area contributed by atoms with Gasteiger partial charge in [0, 0.05) is 23.4 Å². The molecule has 27 heavy (non-hydrogen) atoms. The van der Waals surface area contributed by atoms with Crippen molar-refractivity contribution in [2.75, 3.05) is 0 Å². The molecule has 0 aliphatic heterocycles. The summed E-state index contributed by atoms with van der Waals surface area (Å²) in [6.45, 7) is 3.99. The zero-order valence-electron chi connectivity index (χ0n) is 14.2. The summed E-state index contributed by atoms with van der Waals surface area (Å²) >= 11 is 0. The average Bonchev–Trinajstić information content (AvgIpc) is 2.67. The summed E-state index contributed by atoms with van der Waals surface area (Å²) < 4.78 is 47.7. The zero-order chi connectivity index (χ0) is 19.3. The van der Waals surface area contributed by atoms with Crippen LogP contribution in [0.25, 0.3) is 17.2 Å². The molecule has 1 heterocycles. The molecular formula is C21H16F3NO2. The summed E-state index contributed by atoms with van der Waals surface area (Å²) in [7, 11) is 0. The van der Waals surface area contributed by atoms with Gasteiger partial charge in [-0.05, 0) is 29.3 Å². The van der Waals surface area contributed by atoms with Crippen molar-refractivity contribution in [1.29, 1.82) is 0 Å². The van der Waals surface area contributed by atoms with Gasteiger partial charge in [-0.1, -0.05) is 49.1 Å². The van der Waals surface area contributed by atoms with Gasteiger partial charge in [-0.15, -0.1) is 13.2 Å². The van der Waals surface area contributed by atoms with Gasteiger partial charge in [0.05, 0.1) is 0 Å². The average molecular weight is 371 g/mol. The van der Waals surface area contributed by atoms with Crippen LogP contribution in [-0.2, 0) is 6.61 Å². The van der Waals surface area contributed by atoms with E-state index in [-0.39, 0.29) is 11.3 Å². The normalized spacial score (nSPS) is 11.1. The maximum atomic E-state index is 12.7. The number of rotatable bonds is 6. The van der Waals surface area contributed by atoms with Gasteiger partial charge in [-0.3, -0.25) is 0 Å². The largest absolute Gasteiger partial charge is 0.573 e. The van der Waals surface area contributed by atoms with Crippen LogP contribution in [0, 0.1) is 0 Å². The van der Waals surface area contributed by atoms with Crippen LogP contribution in [0.15, 0.2) is 73.4 Å². The minimum absolute atomic E-state index is 0.270. The Morgan fingerprint density at radius 3 is 2.41 bits per heavy atom. The van der Waals surface area contributed by atoms with Crippen molar-refractivity contribution < 1.29 is 22.6 Å². The molecule has 0 atom stereocenters. The minimum Gasteiger partial charge on any atom is -0.473 e. The van der Waals surface area contributed by atoms with Gasteiger partial charge in [-0.25, -0.2) is 4.98 Å². The van der Waals surface area contributed by atoms with Crippen molar-refractivity contribution in [3.8, 4) is 22.8 Å². The number of hydrogen-bond donors (Lipinski definition) is 0. The first-order chi connectivity index (χ1) is 12.9. The van der Waals surface area contributed by atoms with E-state index in [0.29, 0.717) is 23.6 Å². The molecule has 0 saturated heterocycles. The topological polar surface area (TPSA) is 31.4 Å². The molecule has 0 aliphatic rings. The SMILES string of the molecule is C=Cc1ccc(OC(F)(F)F)c(-c2ccc(OCc3ccccc3)nc2)c1. The predicted octanol–water partition coefficient (Wildman–Crippen LogP) is 5.87. The maximum absolute atomic E-state index is 12.7. The van der Waals surface area contributed by atoms with E-state index in [9.17, 15) is 13.2 Å². The van der Waals surface area contributed by atoms with Crippen molar-refractivity contribution in [3.05, 3.63) is 84.6 Å². The molecule has 6 heteroatoms. The number of hydrogen-bond acceptors (Lipinski definition) is 3. The Bertz CT molecular complexity index is 907. The van der Waals surface area contributed by atoms with Gasteiger partial charge >= 0.3 is 6.36 Å². The first kappa shape index (κ1) is 18.5. The first-order valence-electron chi connectivity index (χ1n) is 8.10. The third-order valence-corrected chi connectivity index (χ3v) is 3.74. The Kier molecular flexibility index (Phi) is 5.45. The minimum atomic E-state index is -4.78. The van der Waals surface area contributed by atoms with E-state index in [4.69, 9.17) is 4.74 Å². The summed E-state index contributed by atoms with van der Waals surface area (Å²) in [4.78, 5) is 4.18. The highest BCUT2D eigenvalue weighted by molar-refractivity contribution is 5.73. The highest BCUT2D eigenvalue weighted by atomic mass is 19.4. The van der Waals surface area contributed by atoms with Crippen LogP contribution in [0.1, 0.15) is 11.1 Å². The molecule has 0 saturated carbocycles. The number of benzene rings is 2. The van der Waals surface area contributed by atoms with Crippen LogP contribution in [-0.4, -0.2) is 11.3 Å². The third-order valence-electron chi connectivity index (χ3n) is 3.74. The smallest absolute Gasteiger partial charge is 0.473 e. The van der Waals surface area contributed by atoms with Crippen LogP contribution in [0.3, 0.4) is 0 Å².